The maximum Gasteiger partial charge on any atom is 0.248 e. The lowest BCUT2D eigenvalue weighted by Crippen LogP contribution is -2.28. The number of nitrogens with zero attached hydrogens (tertiary/aromatic N) is 3. The fourth-order valence-electron chi connectivity index (χ4n) is 3.55. The van der Waals surface area contributed by atoms with Crippen LogP contribution in [0, 0.1) is 5.92 Å². The zero-order valence-electron chi connectivity index (χ0n) is 15.4. The summed E-state index contributed by atoms with van der Waals surface area (Å²) in [5.74, 6) is 1.34. The van der Waals surface area contributed by atoms with Gasteiger partial charge in [0.2, 0.25) is 11.8 Å². The largest absolute Gasteiger partial charge is 0.388 e. The number of hydrogen-bond acceptors (Lipinski definition) is 6. The Balaban J connectivity index is 1.81. The number of benzene rings is 1. The molecule has 0 spiro atoms. The first-order valence-electron chi connectivity index (χ1n) is 8.92. The first-order valence-corrected chi connectivity index (χ1v) is 10.1. The van der Waals surface area contributed by atoms with E-state index in [2.05, 4.69) is 15.4 Å². The number of nitrogens with two attached hydrogens (primary N) is 2. The van der Waals surface area contributed by atoms with E-state index in [4.69, 9.17) is 23.2 Å². The van der Waals surface area contributed by atoms with Gasteiger partial charge in [0.15, 0.2) is 5.13 Å². The molecule has 1 fully saturated rings. The number of hydrogen-bond donors (Lipinski definition) is 3. The Kier molecular flexibility index (Phi) is 6.66. The van der Waals surface area contributed by atoms with Crippen LogP contribution < -0.4 is 16.9 Å². The highest BCUT2D eigenvalue weighted by Gasteiger charge is 2.45. The number of hydrazone groups is 1. The van der Waals surface area contributed by atoms with Crippen LogP contribution in [0.2, 0.25) is 4.34 Å². The van der Waals surface area contributed by atoms with Crippen molar-refractivity contribution in [1.29, 1.82) is 0 Å². The zero-order chi connectivity index (χ0) is 21.0. The highest BCUT2D eigenvalue weighted by atomic mass is 35.5. The Labute approximate surface area is 175 Å². The van der Waals surface area contributed by atoms with Crippen molar-refractivity contribution in [3.05, 3.63) is 45.9 Å². The molecule has 0 aliphatic heterocycles. The van der Waals surface area contributed by atoms with Gasteiger partial charge in [-0.25, -0.2) is 24.7 Å². The number of halogens is 3. The molecule has 0 saturated heterocycles. The lowest BCUT2D eigenvalue weighted by atomic mass is 9.83. The Morgan fingerprint density at radius 2 is 2.21 bits per heavy atom. The summed E-state index contributed by atoms with van der Waals surface area (Å²) >= 11 is 6.98. The number of nitrogens with one attached hydrogen (secondary N) is 1. The SMILES string of the molecule is N/C=N\N(N)Cc1ccc(C(C(=O)Nc2ncc(Cl)s2)C2CCC(F)(F)C2)cc1. The van der Waals surface area contributed by atoms with Crippen molar-refractivity contribution >= 4 is 40.3 Å². The van der Waals surface area contributed by atoms with E-state index in [1.54, 1.807) is 24.3 Å². The first-order chi connectivity index (χ1) is 13.8. The predicted octanol–water partition coefficient (Wildman–Crippen LogP) is 3.53. The third-order valence-corrected chi connectivity index (χ3v) is 5.83. The average molecular weight is 443 g/mol. The van der Waals surface area contributed by atoms with Gasteiger partial charge in [0.1, 0.15) is 10.7 Å². The van der Waals surface area contributed by atoms with Crippen molar-refractivity contribution in [2.75, 3.05) is 5.32 Å². The molecule has 0 radical (unpaired) electrons. The molecule has 2 aromatic rings. The minimum absolute atomic E-state index is 0.220. The van der Waals surface area contributed by atoms with Crippen LogP contribution in [-0.2, 0) is 11.3 Å². The standard InChI is InChI=1S/C18H21ClF2N6OS/c19-14-8-24-17(29-14)26-16(28)15(13-5-6-18(20,21)7-13)12-3-1-11(2-4-12)9-27(23)25-10-22/h1-4,8,10,13,15H,5-7,9,23H2,(H2,22,25)(H,24,26,28). The fourth-order valence-corrected chi connectivity index (χ4v) is 4.36. The van der Waals surface area contributed by atoms with Crippen LogP contribution in [0.1, 0.15) is 36.3 Å². The smallest absolute Gasteiger partial charge is 0.248 e. The van der Waals surface area contributed by atoms with E-state index in [0.717, 1.165) is 23.2 Å². The molecule has 2 unspecified atom stereocenters. The molecule has 29 heavy (non-hydrogen) atoms. The van der Waals surface area contributed by atoms with Crippen molar-refractivity contribution in [1.82, 2.24) is 10.1 Å². The number of carbonyl (C=O) groups excluding carboxylic acids is 1. The monoisotopic (exact) mass is 442 g/mol. The summed E-state index contributed by atoms with van der Waals surface area (Å²) < 4.78 is 28.1. The third-order valence-electron chi connectivity index (χ3n) is 4.80. The average Bonchev–Trinajstić information content (AvgIpc) is 3.21. The summed E-state index contributed by atoms with van der Waals surface area (Å²) in [5, 5.41) is 7.95. The van der Waals surface area contributed by atoms with E-state index < -0.39 is 17.8 Å². The molecular formula is C18H21ClF2N6OS. The Bertz CT molecular complexity index is 875. The third kappa shape index (κ3) is 5.62. The van der Waals surface area contributed by atoms with Crippen molar-refractivity contribution in [2.45, 2.75) is 37.6 Å². The molecular weight excluding hydrogens is 422 g/mol. The van der Waals surface area contributed by atoms with E-state index in [9.17, 15) is 13.6 Å². The summed E-state index contributed by atoms with van der Waals surface area (Å²) in [6, 6.07) is 7.08. The Morgan fingerprint density at radius 1 is 1.48 bits per heavy atom. The summed E-state index contributed by atoms with van der Waals surface area (Å²) in [7, 11) is 0. The predicted molar refractivity (Wildman–Crippen MR) is 110 cm³/mol. The molecule has 1 aromatic carbocycles. The van der Waals surface area contributed by atoms with E-state index in [1.165, 1.54) is 11.3 Å². The molecule has 1 heterocycles. The minimum Gasteiger partial charge on any atom is -0.388 e. The van der Waals surface area contributed by atoms with Crippen LogP contribution in [-0.4, -0.2) is 28.3 Å². The lowest BCUT2D eigenvalue weighted by Gasteiger charge is -2.23. The summed E-state index contributed by atoms with van der Waals surface area (Å²) in [5.41, 5.74) is 6.70. The number of hydrazine groups is 1. The molecule has 1 aliphatic carbocycles. The second-order valence-electron chi connectivity index (χ2n) is 6.90. The Hall–Kier alpha value is -2.30. The van der Waals surface area contributed by atoms with E-state index in [-0.39, 0.29) is 25.2 Å². The van der Waals surface area contributed by atoms with Crippen molar-refractivity contribution in [2.24, 2.45) is 22.6 Å². The van der Waals surface area contributed by atoms with Crippen LogP contribution in [0.15, 0.2) is 35.6 Å². The molecule has 11 heteroatoms. The van der Waals surface area contributed by atoms with Crippen molar-refractivity contribution < 1.29 is 13.6 Å². The van der Waals surface area contributed by atoms with Gasteiger partial charge < -0.3 is 11.1 Å². The zero-order valence-corrected chi connectivity index (χ0v) is 17.0. The molecule has 2 atom stereocenters. The molecule has 156 valence electrons. The topological polar surface area (TPSA) is 110 Å². The number of thiazole rings is 1. The number of alkyl halides is 2. The van der Waals surface area contributed by atoms with E-state index in [0.29, 0.717) is 21.6 Å². The van der Waals surface area contributed by atoms with Gasteiger partial charge in [-0.2, -0.15) is 5.10 Å². The second-order valence-corrected chi connectivity index (χ2v) is 8.56. The number of carbonyl (C=O) groups is 1. The normalized spacial score (nSPS) is 19.4. The van der Waals surface area contributed by atoms with Crippen molar-refractivity contribution in [3.8, 4) is 0 Å². The van der Waals surface area contributed by atoms with E-state index >= 15 is 0 Å². The highest BCUT2D eigenvalue weighted by Crippen LogP contribution is 2.46. The lowest BCUT2D eigenvalue weighted by molar-refractivity contribution is -0.118. The molecule has 5 N–H and O–H groups in total. The molecule has 1 saturated carbocycles. The van der Waals surface area contributed by atoms with Crippen LogP contribution in [0.3, 0.4) is 0 Å². The minimum atomic E-state index is -2.76. The quantitative estimate of drug-likeness (QED) is 0.263. The number of anilines is 1. The van der Waals surface area contributed by atoms with Gasteiger partial charge in [-0.3, -0.25) is 4.79 Å². The van der Waals surface area contributed by atoms with E-state index in [1.807, 2.05) is 0 Å². The van der Waals surface area contributed by atoms with Gasteiger partial charge in [-0.1, -0.05) is 47.2 Å². The summed E-state index contributed by atoms with van der Waals surface area (Å²) in [6.45, 7) is 0.309. The maximum absolute atomic E-state index is 13.8. The number of rotatable bonds is 7. The van der Waals surface area contributed by atoms with Crippen LogP contribution in [0.5, 0.6) is 0 Å². The van der Waals surface area contributed by atoms with Gasteiger partial charge in [-0.15, -0.1) is 0 Å². The molecule has 1 aromatic heterocycles. The molecule has 1 amide bonds. The van der Waals surface area contributed by atoms with Gasteiger partial charge in [-0.05, 0) is 23.5 Å². The van der Waals surface area contributed by atoms with Crippen molar-refractivity contribution in [3.63, 3.8) is 0 Å². The van der Waals surface area contributed by atoms with Gasteiger partial charge in [0, 0.05) is 12.8 Å². The maximum atomic E-state index is 13.8. The number of amides is 1. The highest BCUT2D eigenvalue weighted by molar-refractivity contribution is 7.19. The summed E-state index contributed by atoms with van der Waals surface area (Å²) in [4.78, 5) is 17.0. The second kappa shape index (κ2) is 9.02. The van der Waals surface area contributed by atoms with Crippen LogP contribution in [0.25, 0.3) is 0 Å². The number of aromatic nitrogens is 1. The fraction of sp³-hybridized carbons (Fsp3) is 0.389. The van der Waals surface area contributed by atoms with Crippen LogP contribution in [0.4, 0.5) is 13.9 Å². The Morgan fingerprint density at radius 3 is 2.76 bits per heavy atom. The summed E-state index contributed by atoms with van der Waals surface area (Å²) in [6.07, 6.45) is 2.24. The molecule has 0 bridgehead atoms. The first kappa shape index (κ1) is 21.4. The molecule has 1 aliphatic rings. The van der Waals surface area contributed by atoms with Gasteiger partial charge in [0.25, 0.3) is 0 Å². The molecule has 3 rings (SSSR count). The van der Waals surface area contributed by atoms with Gasteiger partial charge in [0.05, 0.1) is 18.7 Å². The van der Waals surface area contributed by atoms with Gasteiger partial charge >= 0.3 is 0 Å². The molecule has 7 nitrogen and oxygen atoms in total. The van der Waals surface area contributed by atoms with Crippen LogP contribution >= 0.6 is 22.9 Å².